The Bertz CT molecular complexity index is 407. The molecule has 19 heavy (non-hydrogen) atoms. The zero-order valence-electron chi connectivity index (χ0n) is 11.0. The van der Waals surface area contributed by atoms with Crippen molar-refractivity contribution < 1.29 is 27.5 Å². The minimum atomic E-state index is -3.37. The first-order valence-corrected chi connectivity index (χ1v) is 7.07. The molecule has 0 saturated heterocycles. The van der Waals surface area contributed by atoms with Crippen LogP contribution in [0.2, 0.25) is 0 Å². The summed E-state index contributed by atoms with van der Waals surface area (Å²) in [5.74, 6) is -0.688. The molecule has 6 nitrogen and oxygen atoms in total. The molecule has 1 rings (SSSR count). The lowest BCUT2D eigenvalue weighted by Crippen LogP contribution is -2.46. The van der Waals surface area contributed by atoms with Gasteiger partial charge in [-0.05, 0) is 11.6 Å². The van der Waals surface area contributed by atoms with Crippen molar-refractivity contribution in [3.8, 4) is 0 Å². The second kappa shape index (κ2) is 7.82. The van der Waals surface area contributed by atoms with Crippen LogP contribution in [0.1, 0.15) is 5.56 Å². The van der Waals surface area contributed by atoms with Crippen molar-refractivity contribution in [1.29, 1.82) is 0 Å². The van der Waals surface area contributed by atoms with Gasteiger partial charge in [-0.2, -0.15) is 0 Å². The summed E-state index contributed by atoms with van der Waals surface area (Å²) in [5.41, 5.74) is 0.869. The zero-order chi connectivity index (χ0) is 14.1. The molecule has 0 radical (unpaired) electrons. The van der Waals surface area contributed by atoms with Crippen LogP contribution >= 0.6 is 0 Å². The Hall–Kier alpha value is -1.51. The molecule has 0 spiro atoms. The third kappa shape index (κ3) is 4.93. The lowest BCUT2D eigenvalue weighted by molar-refractivity contribution is -0.249. The lowest BCUT2D eigenvalue weighted by Gasteiger charge is -2.20. The van der Waals surface area contributed by atoms with E-state index in [2.05, 4.69) is 4.89 Å². The molecule has 0 bridgehead atoms. The van der Waals surface area contributed by atoms with E-state index in [1.54, 1.807) is 6.08 Å². The van der Waals surface area contributed by atoms with Crippen LogP contribution in [0.5, 0.6) is 0 Å². The fourth-order valence-electron chi connectivity index (χ4n) is 1.20. The Kier molecular flexibility index (Phi) is 6.40. The van der Waals surface area contributed by atoms with Gasteiger partial charge in [-0.1, -0.05) is 30.3 Å². The summed E-state index contributed by atoms with van der Waals surface area (Å²) in [7, 11) is 0.655. The summed E-state index contributed by atoms with van der Waals surface area (Å²) in [5, 5.41) is 0. The lowest BCUT2D eigenvalue weighted by atomic mass is 10.2. The number of carbonyl (C=O) groups excluding carboxylic acids is 1. The average molecular weight is 284 g/mol. The van der Waals surface area contributed by atoms with Crippen molar-refractivity contribution in [2.75, 3.05) is 21.3 Å². The second-order valence-corrected chi connectivity index (χ2v) is 5.73. The molecule has 0 aliphatic heterocycles. The van der Waals surface area contributed by atoms with E-state index in [1.165, 1.54) is 27.4 Å². The molecule has 0 aliphatic carbocycles. The van der Waals surface area contributed by atoms with Gasteiger partial charge in [-0.3, -0.25) is 4.89 Å². The normalized spacial score (nSPS) is 11.7. The highest BCUT2D eigenvalue weighted by molar-refractivity contribution is 6.53. The number of hydrogen-bond acceptors (Lipinski definition) is 6. The Balaban J connectivity index is 2.50. The molecule has 0 N–H and O–H groups in total. The van der Waals surface area contributed by atoms with E-state index in [9.17, 15) is 4.79 Å². The standard InChI is InChI=1S/C12H16O6Si/c1-14-19(15-2,16-3)18-17-12(13)10-9-11-7-5-4-6-8-11/h4-10H,1-3H3. The van der Waals surface area contributed by atoms with Crippen LogP contribution in [-0.4, -0.2) is 36.3 Å². The van der Waals surface area contributed by atoms with E-state index < -0.39 is 15.0 Å². The number of rotatable bonds is 7. The first-order chi connectivity index (χ1) is 9.15. The van der Waals surface area contributed by atoms with Crippen LogP contribution < -0.4 is 0 Å². The molecule has 0 unspecified atom stereocenters. The van der Waals surface area contributed by atoms with Gasteiger partial charge in [0.15, 0.2) is 0 Å². The smallest absolute Gasteiger partial charge is 0.353 e. The van der Waals surface area contributed by atoms with Gasteiger partial charge in [0.1, 0.15) is 0 Å². The molecule has 0 heterocycles. The molecule has 0 aromatic heterocycles. The molecule has 1 aromatic carbocycles. The van der Waals surface area contributed by atoms with Gasteiger partial charge in [0, 0.05) is 27.4 Å². The highest BCUT2D eigenvalue weighted by Crippen LogP contribution is 2.09. The quantitative estimate of drug-likeness (QED) is 0.328. The van der Waals surface area contributed by atoms with Gasteiger partial charge in [-0.15, -0.1) is 4.58 Å². The van der Waals surface area contributed by atoms with Gasteiger partial charge >= 0.3 is 15.0 Å². The Morgan fingerprint density at radius 3 is 2.16 bits per heavy atom. The summed E-state index contributed by atoms with van der Waals surface area (Å²) in [6.45, 7) is 0. The van der Waals surface area contributed by atoms with Crippen LogP contribution in [0.25, 0.3) is 6.08 Å². The fourth-order valence-corrected chi connectivity index (χ4v) is 2.09. The molecule has 0 atom stereocenters. The van der Waals surface area contributed by atoms with Crippen LogP contribution in [0, 0.1) is 0 Å². The SMILES string of the molecule is CO[Si](OC)(OC)OOC(=O)C=Cc1ccccc1. The number of hydrogen-bond donors (Lipinski definition) is 0. The molecule has 0 amide bonds. The van der Waals surface area contributed by atoms with Gasteiger partial charge in [-0.25, -0.2) is 4.79 Å². The summed E-state index contributed by atoms with van der Waals surface area (Å²) >= 11 is 0. The summed E-state index contributed by atoms with van der Waals surface area (Å²) in [6, 6.07) is 9.31. The predicted octanol–water partition coefficient (Wildman–Crippen LogP) is 1.55. The molecule has 104 valence electrons. The largest absolute Gasteiger partial charge is 0.716 e. The van der Waals surface area contributed by atoms with Gasteiger partial charge in [0.05, 0.1) is 0 Å². The topological polar surface area (TPSA) is 63.2 Å². The maximum Gasteiger partial charge on any atom is 0.716 e. The van der Waals surface area contributed by atoms with Gasteiger partial charge in [0.2, 0.25) is 0 Å². The number of carbonyl (C=O) groups is 1. The Morgan fingerprint density at radius 1 is 1.05 bits per heavy atom. The molecular formula is C12H16O6Si. The third-order valence-corrected chi connectivity index (χ3v) is 3.97. The molecule has 0 aliphatic rings. The van der Waals surface area contributed by atoms with Crippen molar-refractivity contribution in [2.24, 2.45) is 0 Å². The first-order valence-electron chi connectivity index (χ1n) is 5.44. The fraction of sp³-hybridized carbons (Fsp3) is 0.250. The van der Waals surface area contributed by atoms with E-state index in [0.717, 1.165) is 5.56 Å². The maximum atomic E-state index is 11.4. The zero-order valence-corrected chi connectivity index (χ0v) is 12.0. The van der Waals surface area contributed by atoms with Crippen LogP contribution in [0.15, 0.2) is 36.4 Å². The molecule has 1 aromatic rings. The molecular weight excluding hydrogens is 268 g/mol. The summed E-state index contributed by atoms with van der Waals surface area (Å²) < 4.78 is 19.6. The average Bonchev–Trinajstić information content (AvgIpc) is 2.48. The first kappa shape index (κ1) is 15.5. The van der Waals surface area contributed by atoms with E-state index in [0.29, 0.717) is 0 Å². The highest BCUT2D eigenvalue weighted by atomic mass is 28.4. The third-order valence-electron chi connectivity index (χ3n) is 2.19. The summed E-state index contributed by atoms with van der Waals surface area (Å²) in [6.07, 6.45) is 2.83. The van der Waals surface area contributed by atoms with E-state index in [1.807, 2.05) is 30.3 Å². The number of benzene rings is 1. The molecule has 7 heteroatoms. The molecule has 0 saturated carbocycles. The van der Waals surface area contributed by atoms with Crippen molar-refractivity contribution in [2.45, 2.75) is 0 Å². The van der Waals surface area contributed by atoms with Crippen LogP contribution in [-0.2, 0) is 27.5 Å². The van der Waals surface area contributed by atoms with Crippen LogP contribution in [0.4, 0.5) is 0 Å². The van der Waals surface area contributed by atoms with Crippen LogP contribution in [0.3, 0.4) is 0 Å². The van der Waals surface area contributed by atoms with Gasteiger partial charge in [0.25, 0.3) is 0 Å². The summed E-state index contributed by atoms with van der Waals surface area (Å²) in [4.78, 5) is 16.0. The predicted molar refractivity (Wildman–Crippen MR) is 69.4 cm³/mol. The monoisotopic (exact) mass is 284 g/mol. The van der Waals surface area contributed by atoms with Crippen molar-refractivity contribution in [3.05, 3.63) is 42.0 Å². The van der Waals surface area contributed by atoms with E-state index in [-0.39, 0.29) is 0 Å². The van der Waals surface area contributed by atoms with E-state index >= 15 is 0 Å². The van der Waals surface area contributed by atoms with Crippen molar-refractivity contribution >= 4 is 21.1 Å². The Morgan fingerprint density at radius 2 is 1.63 bits per heavy atom. The van der Waals surface area contributed by atoms with Crippen molar-refractivity contribution in [3.63, 3.8) is 0 Å². The minimum Gasteiger partial charge on any atom is -0.353 e. The Labute approximate surface area is 112 Å². The maximum absolute atomic E-state index is 11.4. The van der Waals surface area contributed by atoms with Crippen molar-refractivity contribution in [1.82, 2.24) is 0 Å². The van der Waals surface area contributed by atoms with E-state index in [4.69, 9.17) is 17.9 Å². The minimum absolute atomic E-state index is 0.688. The second-order valence-electron chi connectivity index (χ2n) is 3.34. The molecule has 0 fully saturated rings. The van der Waals surface area contributed by atoms with Gasteiger partial charge < -0.3 is 13.3 Å². The highest BCUT2D eigenvalue weighted by Gasteiger charge is 2.45.